The van der Waals surface area contributed by atoms with Crippen molar-refractivity contribution < 1.29 is 18.9 Å². The molecule has 2 aromatic rings. The van der Waals surface area contributed by atoms with Gasteiger partial charge in [0.2, 0.25) is 0 Å². The van der Waals surface area contributed by atoms with E-state index in [0.29, 0.717) is 0 Å². The summed E-state index contributed by atoms with van der Waals surface area (Å²) >= 11 is 0. The molecule has 2 aromatic heterocycles. The van der Waals surface area contributed by atoms with Gasteiger partial charge in [0.05, 0.1) is 0 Å². The SMILES string of the molecule is C[CH-]c1ccc2nncn2n1.[Li+]. The average molecular weight is 154 g/mol. The predicted molar refractivity (Wildman–Crippen MR) is 39.9 cm³/mol. The van der Waals surface area contributed by atoms with E-state index in [1.54, 1.807) is 10.8 Å². The van der Waals surface area contributed by atoms with Gasteiger partial charge in [-0.3, -0.25) is 0 Å². The molecule has 5 heteroatoms. The maximum absolute atomic E-state index is 4.19. The number of nitrogens with zero attached hydrogens (tertiary/aromatic N) is 4. The second-order valence-electron chi connectivity index (χ2n) is 2.18. The molecule has 2 rings (SSSR count). The number of fused-ring (bicyclic) bond motifs is 1. The first-order valence-corrected chi connectivity index (χ1v) is 3.36. The predicted octanol–water partition coefficient (Wildman–Crippen LogP) is -2.30. The molecule has 12 heavy (non-hydrogen) atoms. The van der Waals surface area contributed by atoms with E-state index in [9.17, 15) is 0 Å². The molecule has 0 atom stereocenters. The van der Waals surface area contributed by atoms with Crippen molar-refractivity contribution >= 4 is 5.65 Å². The van der Waals surface area contributed by atoms with Gasteiger partial charge in [0.1, 0.15) is 6.33 Å². The number of hydrogen-bond acceptors (Lipinski definition) is 3. The van der Waals surface area contributed by atoms with Crippen molar-refractivity contribution in [3.8, 4) is 0 Å². The Hall–Kier alpha value is -0.983. The number of aromatic nitrogens is 4. The summed E-state index contributed by atoms with van der Waals surface area (Å²) in [5.41, 5.74) is 1.70. The molecular weight excluding hydrogens is 147 g/mol. The zero-order chi connectivity index (χ0) is 7.68. The zero-order valence-electron chi connectivity index (χ0n) is 7.10. The van der Waals surface area contributed by atoms with Gasteiger partial charge in [0.15, 0.2) is 5.65 Å². The van der Waals surface area contributed by atoms with Crippen LogP contribution in [0.1, 0.15) is 12.6 Å². The molecule has 0 amide bonds. The van der Waals surface area contributed by atoms with Crippen molar-refractivity contribution in [2.75, 3.05) is 0 Å². The molecule has 0 saturated carbocycles. The van der Waals surface area contributed by atoms with E-state index >= 15 is 0 Å². The van der Waals surface area contributed by atoms with Gasteiger partial charge in [0.25, 0.3) is 0 Å². The van der Waals surface area contributed by atoms with Crippen LogP contribution in [0.15, 0.2) is 18.5 Å². The van der Waals surface area contributed by atoms with Crippen LogP contribution in [-0.2, 0) is 0 Å². The average Bonchev–Trinajstić information content (AvgIpc) is 2.50. The molecule has 56 valence electrons. The van der Waals surface area contributed by atoms with Crippen LogP contribution in [0.4, 0.5) is 0 Å². The van der Waals surface area contributed by atoms with E-state index in [1.165, 1.54) is 0 Å². The van der Waals surface area contributed by atoms with Crippen molar-refractivity contribution in [1.29, 1.82) is 0 Å². The first-order chi connectivity index (χ1) is 5.40. The molecule has 4 nitrogen and oxygen atoms in total. The fourth-order valence-electron chi connectivity index (χ4n) is 0.897. The second-order valence-corrected chi connectivity index (χ2v) is 2.18. The van der Waals surface area contributed by atoms with Gasteiger partial charge < -0.3 is 0 Å². The molecule has 0 unspecified atom stereocenters. The monoisotopic (exact) mass is 154 g/mol. The Balaban J connectivity index is 0.000000720. The molecule has 0 saturated heterocycles. The first kappa shape index (κ1) is 9.11. The van der Waals surface area contributed by atoms with E-state index in [2.05, 4.69) is 15.3 Å². The van der Waals surface area contributed by atoms with Gasteiger partial charge in [-0.05, 0) is 0 Å². The van der Waals surface area contributed by atoms with E-state index in [4.69, 9.17) is 0 Å². The summed E-state index contributed by atoms with van der Waals surface area (Å²) < 4.78 is 1.65. The quantitative estimate of drug-likeness (QED) is 0.342. The summed E-state index contributed by atoms with van der Waals surface area (Å²) in [6, 6.07) is 3.79. The van der Waals surface area contributed by atoms with Crippen LogP contribution in [0.3, 0.4) is 0 Å². The molecule has 0 N–H and O–H groups in total. The van der Waals surface area contributed by atoms with Gasteiger partial charge in [-0.1, -0.05) is 11.8 Å². The fourth-order valence-corrected chi connectivity index (χ4v) is 0.897. The molecule has 0 radical (unpaired) electrons. The maximum atomic E-state index is 4.19. The van der Waals surface area contributed by atoms with Crippen LogP contribution < -0.4 is 18.9 Å². The third-order valence-electron chi connectivity index (χ3n) is 1.48. The molecule has 0 bridgehead atoms. The van der Waals surface area contributed by atoms with Crippen LogP contribution in [-0.4, -0.2) is 19.8 Å². The molecule has 0 spiro atoms. The number of rotatable bonds is 1. The molecular formula is C7H7LiN4. The standard InChI is InChI=1S/C7H7N4.Li/c1-2-6-3-4-7-9-8-5-11(7)10-6;/h2-5H,1H3;/q-1;+1. The fraction of sp³-hybridized carbons (Fsp3) is 0.143. The Kier molecular flexibility index (Phi) is 2.74. The molecule has 2 heterocycles. The Morgan fingerprint density at radius 3 is 3.00 bits per heavy atom. The summed E-state index contributed by atoms with van der Waals surface area (Å²) in [7, 11) is 0. The van der Waals surface area contributed by atoms with E-state index in [-0.39, 0.29) is 18.9 Å². The van der Waals surface area contributed by atoms with Gasteiger partial charge in [-0.2, -0.15) is 6.07 Å². The van der Waals surface area contributed by atoms with E-state index in [1.807, 2.05) is 25.5 Å². The Morgan fingerprint density at radius 2 is 2.25 bits per heavy atom. The van der Waals surface area contributed by atoms with Gasteiger partial charge in [-0.15, -0.1) is 17.1 Å². The van der Waals surface area contributed by atoms with Crippen LogP contribution in [0.2, 0.25) is 0 Å². The summed E-state index contributed by atoms with van der Waals surface area (Å²) in [6.07, 6.45) is 3.52. The third kappa shape index (κ3) is 1.45. The Labute approximate surface area is 82.2 Å². The van der Waals surface area contributed by atoms with Crippen LogP contribution >= 0.6 is 0 Å². The summed E-state index contributed by atoms with van der Waals surface area (Å²) in [5, 5.41) is 11.7. The van der Waals surface area contributed by atoms with Gasteiger partial charge in [0, 0.05) is 0 Å². The van der Waals surface area contributed by atoms with Crippen molar-refractivity contribution in [2.45, 2.75) is 6.92 Å². The zero-order valence-corrected chi connectivity index (χ0v) is 7.10. The van der Waals surface area contributed by atoms with Crippen LogP contribution in [0, 0.1) is 6.42 Å². The van der Waals surface area contributed by atoms with Crippen LogP contribution in [0.25, 0.3) is 5.65 Å². The van der Waals surface area contributed by atoms with Crippen molar-refractivity contribution in [1.82, 2.24) is 19.8 Å². The van der Waals surface area contributed by atoms with Gasteiger partial charge in [-0.25, -0.2) is 16.0 Å². The minimum Gasteiger partial charge on any atom is -0.206 e. The second kappa shape index (κ2) is 3.61. The minimum absolute atomic E-state index is 0. The maximum Gasteiger partial charge on any atom is 1.00 e. The van der Waals surface area contributed by atoms with Crippen LogP contribution in [0.5, 0.6) is 0 Å². The third-order valence-corrected chi connectivity index (χ3v) is 1.48. The van der Waals surface area contributed by atoms with E-state index in [0.717, 1.165) is 11.3 Å². The molecule has 0 fully saturated rings. The normalized spacial score (nSPS) is 9.42. The topological polar surface area (TPSA) is 43.1 Å². The molecule has 0 aliphatic carbocycles. The van der Waals surface area contributed by atoms with Crippen molar-refractivity contribution in [2.24, 2.45) is 0 Å². The number of hydrogen-bond donors (Lipinski definition) is 0. The summed E-state index contributed by atoms with van der Waals surface area (Å²) in [4.78, 5) is 0. The Bertz CT molecular complexity index is 370. The van der Waals surface area contributed by atoms with Crippen molar-refractivity contribution in [3.63, 3.8) is 0 Å². The minimum atomic E-state index is 0. The molecule has 0 aliphatic heterocycles. The largest absolute Gasteiger partial charge is 1.00 e. The van der Waals surface area contributed by atoms with Gasteiger partial charge >= 0.3 is 18.9 Å². The first-order valence-electron chi connectivity index (χ1n) is 3.36. The Morgan fingerprint density at radius 1 is 1.42 bits per heavy atom. The summed E-state index contributed by atoms with van der Waals surface area (Å²) in [5.74, 6) is 0. The smallest absolute Gasteiger partial charge is 0.206 e. The summed E-state index contributed by atoms with van der Waals surface area (Å²) in [6.45, 7) is 1.94. The van der Waals surface area contributed by atoms with Crippen molar-refractivity contribution in [3.05, 3.63) is 30.6 Å². The van der Waals surface area contributed by atoms with E-state index < -0.39 is 0 Å². The molecule has 0 aliphatic rings. The molecule has 0 aromatic carbocycles.